The number of nitrogens with one attached hydrogen (secondary N) is 2. The molecule has 14 heteroatoms. The van der Waals surface area contributed by atoms with Crippen LogP contribution >= 0.6 is 0 Å². The van der Waals surface area contributed by atoms with E-state index in [1.165, 1.54) is 0 Å². The molecule has 0 fully saturated rings. The van der Waals surface area contributed by atoms with Gasteiger partial charge in [0.1, 0.15) is 6.07 Å². The third-order valence-electron chi connectivity index (χ3n) is 3.34. The summed E-state index contributed by atoms with van der Waals surface area (Å²) in [4.78, 5) is 20.0. The average Bonchev–Trinajstić information content (AvgIpc) is 2.71. The summed E-state index contributed by atoms with van der Waals surface area (Å²) in [6.45, 7) is 2.66. The minimum atomic E-state index is -0.0854. The summed E-state index contributed by atoms with van der Waals surface area (Å²) in [6, 6.07) is 1.72. The molecule has 0 rings (SSSR count). The molecule has 0 unspecified atom stereocenters. The number of rotatable bonds is 12. The van der Waals surface area contributed by atoms with E-state index >= 15 is 0 Å². The van der Waals surface area contributed by atoms with Gasteiger partial charge < -0.3 is 39.7 Å². The van der Waals surface area contributed by atoms with Gasteiger partial charge in [0.15, 0.2) is 23.7 Å². The summed E-state index contributed by atoms with van der Waals surface area (Å²) in [5, 5.41) is 14.0. The molecule has 14 N–H and O–H groups in total. The first-order chi connectivity index (χ1) is 14.4. The maximum atomic E-state index is 8.47. The molecular formula is C16H34N14. The van der Waals surface area contributed by atoms with Crippen molar-refractivity contribution < 1.29 is 0 Å². The number of hydrogen-bond acceptors (Lipinski definition) is 6. The molecule has 0 aliphatic heterocycles. The van der Waals surface area contributed by atoms with Crippen LogP contribution in [-0.2, 0) is 0 Å². The Morgan fingerprint density at radius 2 is 1.33 bits per heavy atom. The molecule has 0 amide bonds. The van der Waals surface area contributed by atoms with Gasteiger partial charge in [0.2, 0.25) is 5.96 Å². The van der Waals surface area contributed by atoms with Gasteiger partial charge >= 0.3 is 0 Å². The topological polar surface area (TPSA) is 266 Å². The molecule has 0 aromatic heterocycles. The number of nitrogens with two attached hydrogens (primary N) is 6. The Kier molecular flexibility index (Phi) is 15.4. The highest BCUT2D eigenvalue weighted by Crippen LogP contribution is 2.00. The lowest BCUT2D eigenvalue weighted by Gasteiger charge is -2.04. The van der Waals surface area contributed by atoms with Crippen LogP contribution < -0.4 is 45.0 Å². The van der Waals surface area contributed by atoms with Crippen LogP contribution in [0.4, 0.5) is 0 Å². The molecule has 0 spiro atoms. The van der Waals surface area contributed by atoms with E-state index in [4.69, 9.17) is 39.7 Å². The Labute approximate surface area is 176 Å². The van der Waals surface area contributed by atoms with E-state index in [1.54, 1.807) is 6.07 Å². The van der Waals surface area contributed by atoms with Crippen LogP contribution in [0.25, 0.3) is 0 Å². The number of nitrogens with zero attached hydrogens (tertiary/aromatic N) is 6. The second kappa shape index (κ2) is 17.5. The molecule has 30 heavy (non-hydrogen) atoms. The molecule has 0 radical (unpaired) electrons. The van der Waals surface area contributed by atoms with Crippen LogP contribution in [0.1, 0.15) is 25.7 Å². The fourth-order valence-electron chi connectivity index (χ4n) is 1.96. The molecule has 0 aromatic carbocycles. The second-order valence-corrected chi connectivity index (χ2v) is 5.90. The van der Waals surface area contributed by atoms with Crippen molar-refractivity contribution in [1.29, 1.82) is 5.26 Å². The van der Waals surface area contributed by atoms with Crippen LogP contribution in [-0.4, -0.2) is 68.9 Å². The molecule has 0 atom stereocenters. The SMILES string of the molecule is N#CC(N)=NCCNC(N)=NC(N)=NCCCCCCN=C(N)NC(N)=NCCN. The lowest BCUT2D eigenvalue weighted by Crippen LogP contribution is -2.42. The van der Waals surface area contributed by atoms with E-state index in [0.717, 1.165) is 25.7 Å². The van der Waals surface area contributed by atoms with E-state index in [9.17, 15) is 0 Å². The molecule has 0 saturated carbocycles. The zero-order chi connectivity index (χ0) is 22.6. The molecule has 0 bridgehead atoms. The highest BCUT2D eigenvalue weighted by molar-refractivity contribution is 5.97. The minimum Gasteiger partial charge on any atom is -0.375 e. The van der Waals surface area contributed by atoms with E-state index < -0.39 is 0 Å². The molecule has 14 nitrogen and oxygen atoms in total. The van der Waals surface area contributed by atoms with Crippen LogP contribution in [0.3, 0.4) is 0 Å². The van der Waals surface area contributed by atoms with Crippen molar-refractivity contribution in [3.8, 4) is 6.07 Å². The van der Waals surface area contributed by atoms with Crippen molar-refractivity contribution in [2.24, 2.45) is 59.4 Å². The van der Waals surface area contributed by atoms with E-state index in [-0.39, 0.29) is 29.7 Å². The summed E-state index contributed by atoms with van der Waals surface area (Å²) < 4.78 is 0. The maximum absolute atomic E-state index is 8.47. The fraction of sp³-hybridized carbons (Fsp3) is 0.625. The van der Waals surface area contributed by atoms with Gasteiger partial charge in [-0.3, -0.25) is 25.3 Å². The second-order valence-electron chi connectivity index (χ2n) is 5.90. The van der Waals surface area contributed by atoms with Gasteiger partial charge in [0.25, 0.3) is 0 Å². The van der Waals surface area contributed by atoms with Gasteiger partial charge in [0, 0.05) is 26.2 Å². The standard InChI is InChI=1S/C16H34N14/c17-5-8-27-15(22)29-13(20)25-6-3-1-2-4-7-26-14(21)30-16(23)28-10-9-24-12(19)11-18/h1-10,17H2,(H2,19,24)(H5,20,22,25,27,29)(H5,21,23,26,28,30). The van der Waals surface area contributed by atoms with Gasteiger partial charge in [-0.1, -0.05) is 12.8 Å². The van der Waals surface area contributed by atoms with Crippen LogP contribution in [0.15, 0.2) is 25.0 Å². The zero-order valence-corrected chi connectivity index (χ0v) is 17.2. The summed E-state index contributed by atoms with van der Waals surface area (Å²) in [5.74, 6) is 0.567. The molecule has 0 aliphatic carbocycles. The van der Waals surface area contributed by atoms with Gasteiger partial charge in [-0.15, -0.1) is 0 Å². The van der Waals surface area contributed by atoms with Crippen molar-refractivity contribution in [2.45, 2.75) is 25.7 Å². The Morgan fingerprint density at radius 3 is 1.93 bits per heavy atom. The minimum absolute atomic E-state index is 0.0854. The smallest absolute Gasteiger partial charge is 0.218 e. The number of amidine groups is 1. The molecule has 168 valence electrons. The summed E-state index contributed by atoms with van der Waals surface area (Å²) in [6.07, 6.45) is 3.69. The normalized spacial score (nSPS) is 13.8. The quantitative estimate of drug-likeness (QED) is 0.0893. The van der Waals surface area contributed by atoms with Crippen molar-refractivity contribution >= 4 is 29.7 Å². The van der Waals surface area contributed by atoms with Crippen molar-refractivity contribution in [2.75, 3.05) is 39.3 Å². The van der Waals surface area contributed by atoms with Gasteiger partial charge in [0.05, 0.1) is 13.1 Å². The first kappa shape index (κ1) is 26.4. The summed E-state index contributed by atoms with van der Waals surface area (Å²) in [7, 11) is 0. The first-order valence-corrected chi connectivity index (χ1v) is 9.54. The molecule has 0 aliphatic rings. The first-order valence-electron chi connectivity index (χ1n) is 9.54. The van der Waals surface area contributed by atoms with E-state index in [1.807, 2.05) is 0 Å². The fourth-order valence-corrected chi connectivity index (χ4v) is 1.96. The Bertz CT molecular complexity index is 670. The number of unbranched alkanes of at least 4 members (excludes halogenated alkanes) is 3. The molecular weight excluding hydrogens is 388 g/mol. The Morgan fingerprint density at radius 1 is 0.733 bits per heavy atom. The monoisotopic (exact) mass is 422 g/mol. The third kappa shape index (κ3) is 16.6. The zero-order valence-electron chi connectivity index (χ0n) is 17.2. The molecule has 0 saturated heterocycles. The van der Waals surface area contributed by atoms with E-state index in [2.05, 4.69) is 35.6 Å². The van der Waals surface area contributed by atoms with Crippen LogP contribution in [0, 0.1) is 11.3 Å². The number of guanidine groups is 4. The molecule has 0 aromatic rings. The summed E-state index contributed by atoms with van der Waals surface area (Å²) in [5.41, 5.74) is 33.3. The van der Waals surface area contributed by atoms with Crippen LogP contribution in [0.2, 0.25) is 0 Å². The van der Waals surface area contributed by atoms with Gasteiger partial charge in [-0.25, -0.2) is 0 Å². The van der Waals surface area contributed by atoms with Gasteiger partial charge in [-0.2, -0.15) is 10.3 Å². The number of hydrogen-bond donors (Lipinski definition) is 8. The lowest BCUT2D eigenvalue weighted by atomic mass is 10.2. The highest BCUT2D eigenvalue weighted by atomic mass is 15.2. The van der Waals surface area contributed by atoms with E-state index in [0.29, 0.717) is 39.3 Å². The van der Waals surface area contributed by atoms with Crippen molar-refractivity contribution in [3.05, 3.63) is 0 Å². The van der Waals surface area contributed by atoms with Gasteiger partial charge in [-0.05, 0) is 12.8 Å². The summed E-state index contributed by atoms with van der Waals surface area (Å²) >= 11 is 0. The Hall–Kier alpha value is -3.60. The largest absolute Gasteiger partial charge is 0.375 e. The Balaban J connectivity index is 3.91. The highest BCUT2D eigenvalue weighted by Gasteiger charge is 1.96. The lowest BCUT2D eigenvalue weighted by molar-refractivity contribution is 0.653. The average molecular weight is 423 g/mol. The van der Waals surface area contributed by atoms with Crippen LogP contribution in [0.5, 0.6) is 0 Å². The van der Waals surface area contributed by atoms with Crippen molar-refractivity contribution in [1.82, 2.24) is 10.6 Å². The number of nitriles is 1. The maximum Gasteiger partial charge on any atom is 0.218 e. The molecule has 0 heterocycles. The number of aliphatic imine (C=N–C) groups is 5. The predicted octanol–water partition coefficient (Wildman–Crippen LogP) is -3.18. The predicted molar refractivity (Wildman–Crippen MR) is 122 cm³/mol. The van der Waals surface area contributed by atoms with Crippen molar-refractivity contribution in [3.63, 3.8) is 0 Å². The third-order valence-corrected chi connectivity index (χ3v) is 3.34.